The molecule has 21 heavy (non-hydrogen) atoms. The molecule has 0 spiro atoms. The summed E-state index contributed by atoms with van der Waals surface area (Å²) in [6, 6.07) is 6.62. The van der Waals surface area contributed by atoms with E-state index in [0.29, 0.717) is 23.2 Å². The van der Waals surface area contributed by atoms with Crippen molar-refractivity contribution in [2.24, 2.45) is 0 Å². The van der Waals surface area contributed by atoms with Gasteiger partial charge in [0.2, 0.25) is 11.7 Å². The van der Waals surface area contributed by atoms with Crippen molar-refractivity contribution in [1.29, 1.82) is 0 Å². The fraction of sp³-hybridized carbons (Fsp3) is 0.438. The Morgan fingerprint density at radius 2 is 1.95 bits per heavy atom. The second-order valence-corrected chi connectivity index (χ2v) is 5.53. The third-order valence-corrected chi connectivity index (χ3v) is 4.01. The number of hydrogen-bond donors (Lipinski definition) is 1. The van der Waals surface area contributed by atoms with E-state index >= 15 is 0 Å². The summed E-state index contributed by atoms with van der Waals surface area (Å²) in [6.45, 7) is 0. The summed E-state index contributed by atoms with van der Waals surface area (Å²) in [5, 5.41) is 13.0. The largest absolute Gasteiger partial charge is 0.478 e. The van der Waals surface area contributed by atoms with E-state index in [0.717, 1.165) is 12.8 Å². The Kier molecular flexibility index (Phi) is 3.99. The van der Waals surface area contributed by atoms with Gasteiger partial charge in [0.15, 0.2) is 0 Å². The van der Waals surface area contributed by atoms with E-state index in [4.69, 9.17) is 9.63 Å². The van der Waals surface area contributed by atoms with E-state index in [1.807, 2.05) is 0 Å². The Morgan fingerprint density at radius 1 is 1.19 bits per heavy atom. The maximum atomic E-state index is 11.0. The van der Waals surface area contributed by atoms with E-state index in [1.54, 1.807) is 24.3 Å². The van der Waals surface area contributed by atoms with Crippen molar-refractivity contribution in [2.45, 2.75) is 44.4 Å². The molecule has 110 valence electrons. The molecular formula is C16H18N2O3. The zero-order valence-corrected chi connectivity index (χ0v) is 11.8. The van der Waals surface area contributed by atoms with Gasteiger partial charge in [0.05, 0.1) is 5.56 Å². The molecule has 3 rings (SSSR count). The molecule has 1 aliphatic carbocycles. The lowest BCUT2D eigenvalue weighted by Gasteiger charge is -2.06. The predicted octanol–water partition coefficient (Wildman–Crippen LogP) is 3.87. The molecule has 1 fully saturated rings. The van der Waals surface area contributed by atoms with Gasteiger partial charge in [-0.1, -0.05) is 43.0 Å². The topological polar surface area (TPSA) is 76.2 Å². The molecule has 1 aromatic carbocycles. The number of aromatic nitrogens is 2. The van der Waals surface area contributed by atoms with Crippen LogP contribution < -0.4 is 0 Å². The van der Waals surface area contributed by atoms with Crippen molar-refractivity contribution in [1.82, 2.24) is 10.1 Å². The first-order valence-electron chi connectivity index (χ1n) is 7.41. The summed E-state index contributed by atoms with van der Waals surface area (Å²) in [4.78, 5) is 15.5. The number of benzene rings is 1. The van der Waals surface area contributed by atoms with Gasteiger partial charge in [0.25, 0.3) is 0 Å². The van der Waals surface area contributed by atoms with E-state index in [1.165, 1.54) is 25.7 Å². The second-order valence-electron chi connectivity index (χ2n) is 5.53. The van der Waals surface area contributed by atoms with Crippen LogP contribution >= 0.6 is 0 Å². The molecule has 1 saturated carbocycles. The molecule has 5 nitrogen and oxygen atoms in total. The smallest absolute Gasteiger partial charge is 0.335 e. The monoisotopic (exact) mass is 286 g/mol. The maximum absolute atomic E-state index is 11.0. The van der Waals surface area contributed by atoms with Crippen LogP contribution in [0.2, 0.25) is 0 Å². The molecule has 0 amide bonds. The highest BCUT2D eigenvalue weighted by Gasteiger charge is 2.21. The highest BCUT2D eigenvalue weighted by Crippen LogP contribution is 2.31. The fourth-order valence-corrected chi connectivity index (χ4v) is 2.84. The highest BCUT2D eigenvalue weighted by molar-refractivity contribution is 5.89. The summed E-state index contributed by atoms with van der Waals surface area (Å²) in [5.74, 6) is 0.547. The van der Waals surface area contributed by atoms with Gasteiger partial charge in [-0.25, -0.2) is 4.79 Å². The van der Waals surface area contributed by atoms with Crippen LogP contribution in [-0.4, -0.2) is 21.2 Å². The van der Waals surface area contributed by atoms with Crippen LogP contribution in [-0.2, 0) is 0 Å². The van der Waals surface area contributed by atoms with Gasteiger partial charge in [-0.3, -0.25) is 0 Å². The van der Waals surface area contributed by atoms with Crippen LogP contribution in [0.3, 0.4) is 0 Å². The quantitative estimate of drug-likeness (QED) is 0.867. The Bertz CT molecular complexity index is 628. The molecule has 1 aromatic heterocycles. The number of carboxylic acid groups (broad SMARTS) is 1. The summed E-state index contributed by atoms with van der Waals surface area (Å²) < 4.78 is 5.41. The zero-order valence-electron chi connectivity index (χ0n) is 11.8. The number of carboxylic acids is 1. The van der Waals surface area contributed by atoms with Crippen molar-refractivity contribution < 1.29 is 14.4 Å². The Morgan fingerprint density at radius 3 is 2.67 bits per heavy atom. The Labute approximate surface area is 123 Å². The molecule has 1 aliphatic rings. The van der Waals surface area contributed by atoms with Gasteiger partial charge >= 0.3 is 5.97 Å². The van der Waals surface area contributed by atoms with E-state index in [-0.39, 0.29) is 5.56 Å². The first kappa shape index (κ1) is 13.8. The summed E-state index contributed by atoms with van der Waals surface area (Å²) in [7, 11) is 0. The van der Waals surface area contributed by atoms with Crippen LogP contribution in [0, 0.1) is 0 Å². The van der Waals surface area contributed by atoms with Gasteiger partial charge in [0, 0.05) is 11.5 Å². The van der Waals surface area contributed by atoms with Gasteiger partial charge in [-0.2, -0.15) is 4.98 Å². The molecule has 0 atom stereocenters. The average Bonchev–Trinajstić information content (AvgIpc) is 2.83. The number of aromatic carboxylic acids is 1. The molecule has 0 radical (unpaired) electrons. The van der Waals surface area contributed by atoms with Crippen LogP contribution in [0.1, 0.15) is 60.7 Å². The SMILES string of the molecule is O=C(O)c1cccc(-c2noc(C3CCCCCC3)n2)c1. The van der Waals surface area contributed by atoms with Gasteiger partial charge in [-0.05, 0) is 25.0 Å². The Balaban J connectivity index is 1.84. The van der Waals surface area contributed by atoms with E-state index in [9.17, 15) is 4.79 Å². The molecule has 2 aromatic rings. The molecular weight excluding hydrogens is 268 g/mol. The summed E-state index contributed by atoms with van der Waals surface area (Å²) in [6.07, 6.45) is 7.15. The van der Waals surface area contributed by atoms with Crippen molar-refractivity contribution in [2.75, 3.05) is 0 Å². The van der Waals surface area contributed by atoms with E-state index < -0.39 is 5.97 Å². The minimum Gasteiger partial charge on any atom is -0.478 e. The standard InChI is InChI=1S/C16H18N2O3/c19-16(20)13-9-5-8-12(10-13)14-17-15(21-18-14)11-6-3-1-2-4-7-11/h5,8-11H,1-4,6-7H2,(H,19,20). The number of carbonyl (C=O) groups is 1. The molecule has 0 unspecified atom stereocenters. The average molecular weight is 286 g/mol. The van der Waals surface area contributed by atoms with Gasteiger partial charge in [-0.15, -0.1) is 0 Å². The van der Waals surface area contributed by atoms with Crippen molar-refractivity contribution in [3.8, 4) is 11.4 Å². The lowest BCUT2D eigenvalue weighted by molar-refractivity contribution is 0.0697. The maximum Gasteiger partial charge on any atom is 0.335 e. The third-order valence-electron chi connectivity index (χ3n) is 4.01. The van der Waals surface area contributed by atoms with Crippen LogP contribution in [0.5, 0.6) is 0 Å². The fourth-order valence-electron chi connectivity index (χ4n) is 2.84. The number of hydrogen-bond acceptors (Lipinski definition) is 4. The second kappa shape index (κ2) is 6.08. The number of rotatable bonds is 3. The molecule has 0 bridgehead atoms. The van der Waals surface area contributed by atoms with Crippen LogP contribution in [0.25, 0.3) is 11.4 Å². The normalized spacial score (nSPS) is 16.6. The minimum absolute atomic E-state index is 0.230. The molecule has 5 heteroatoms. The molecule has 1 N–H and O–H groups in total. The lowest BCUT2D eigenvalue weighted by Crippen LogP contribution is -1.98. The van der Waals surface area contributed by atoms with Crippen molar-refractivity contribution in [3.63, 3.8) is 0 Å². The first-order valence-corrected chi connectivity index (χ1v) is 7.41. The molecule has 0 aliphatic heterocycles. The minimum atomic E-state index is -0.954. The first-order chi connectivity index (χ1) is 10.2. The summed E-state index contributed by atoms with van der Waals surface area (Å²) in [5.41, 5.74) is 0.909. The number of nitrogens with zero attached hydrogens (tertiary/aromatic N) is 2. The van der Waals surface area contributed by atoms with Gasteiger partial charge in [0.1, 0.15) is 0 Å². The molecule has 1 heterocycles. The van der Waals surface area contributed by atoms with E-state index in [2.05, 4.69) is 10.1 Å². The van der Waals surface area contributed by atoms with Crippen molar-refractivity contribution in [3.05, 3.63) is 35.7 Å². The van der Waals surface area contributed by atoms with Gasteiger partial charge < -0.3 is 9.63 Å². The zero-order chi connectivity index (χ0) is 14.7. The highest BCUT2D eigenvalue weighted by atomic mass is 16.5. The third kappa shape index (κ3) is 3.12. The van der Waals surface area contributed by atoms with Crippen molar-refractivity contribution >= 4 is 5.97 Å². The molecule has 0 saturated heterocycles. The van der Waals surface area contributed by atoms with Crippen LogP contribution in [0.4, 0.5) is 0 Å². The summed E-state index contributed by atoms with van der Waals surface area (Å²) >= 11 is 0. The predicted molar refractivity (Wildman–Crippen MR) is 77.1 cm³/mol. The Hall–Kier alpha value is -2.17. The lowest BCUT2D eigenvalue weighted by atomic mass is 10.0. The van der Waals surface area contributed by atoms with Crippen LogP contribution in [0.15, 0.2) is 28.8 Å².